The van der Waals surface area contributed by atoms with E-state index in [4.69, 9.17) is 4.74 Å². The minimum Gasteiger partial charge on any atom is -0.393 e. The van der Waals surface area contributed by atoms with Crippen LogP contribution in [0.15, 0.2) is 46.6 Å². The summed E-state index contributed by atoms with van der Waals surface area (Å²) in [5, 5.41) is 21.7. The lowest BCUT2D eigenvalue weighted by Crippen LogP contribution is -2.47. The summed E-state index contributed by atoms with van der Waals surface area (Å²) in [5.41, 5.74) is 3.61. The second-order valence-electron chi connectivity index (χ2n) is 10.2. The lowest BCUT2D eigenvalue weighted by atomic mass is 9.65. The number of allylic oxidation sites excluding steroid dienone is 5. The van der Waals surface area contributed by atoms with Crippen LogP contribution in [0.2, 0.25) is 0 Å². The Labute approximate surface area is 207 Å². The van der Waals surface area contributed by atoms with Gasteiger partial charge in [0, 0.05) is 6.42 Å². The van der Waals surface area contributed by atoms with E-state index in [0.29, 0.717) is 12.8 Å². The van der Waals surface area contributed by atoms with Crippen molar-refractivity contribution in [3.8, 4) is 0 Å². The first-order valence-corrected chi connectivity index (χ1v) is 12.1. The topological polar surface area (TPSA) is 78.8 Å². The number of hydrogen-bond donors (Lipinski definition) is 3. The Morgan fingerprint density at radius 1 is 1.25 bits per heavy atom. The highest BCUT2D eigenvalue weighted by molar-refractivity contribution is 5.77. The van der Waals surface area contributed by atoms with Gasteiger partial charge in [-0.25, -0.2) is 0 Å². The van der Waals surface area contributed by atoms with Gasteiger partial charge in [-0.2, -0.15) is 22.0 Å². The Kier molecular flexibility index (Phi) is 8.52. The van der Waals surface area contributed by atoms with Gasteiger partial charge in [0.15, 0.2) is 0 Å². The van der Waals surface area contributed by atoms with Crippen LogP contribution in [0, 0.1) is 11.3 Å². The SMILES string of the molecule is CC1=C(/C=C\C2=CCCC3(C)C([C@H](C)OCC(=O)NCC(F)(F)C(F)(F)F)=CCC23)CC(O)C[C@@H]1O. The summed E-state index contributed by atoms with van der Waals surface area (Å²) in [4.78, 5) is 11.8. The van der Waals surface area contributed by atoms with Gasteiger partial charge < -0.3 is 20.3 Å². The lowest BCUT2D eigenvalue weighted by Gasteiger charge is -2.40. The molecule has 202 valence electrons. The van der Waals surface area contributed by atoms with E-state index in [1.54, 1.807) is 12.2 Å². The summed E-state index contributed by atoms with van der Waals surface area (Å²) < 4.78 is 68.4. The summed E-state index contributed by atoms with van der Waals surface area (Å²) in [6, 6.07) is 0. The number of carbonyl (C=O) groups excluding carboxylic acids is 1. The van der Waals surface area contributed by atoms with Crippen LogP contribution in [0.5, 0.6) is 0 Å². The molecular formula is C26H34F5NO4. The fourth-order valence-corrected chi connectivity index (χ4v) is 5.45. The van der Waals surface area contributed by atoms with Crippen molar-refractivity contribution in [1.29, 1.82) is 0 Å². The quantitative estimate of drug-likeness (QED) is 0.319. The number of aliphatic hydroxyl groups excluding tert-OH is 2. The van der Waals surface area contributed by atoms with Crippen LogP contribution < -0.4 is 5.32 Å². The first kappa shape index (κ1) is 28.5. The Morgan fingerprint density at radius 3 is 2.61 bits per heavy atom. The first-order chi connectivity index (χ1) is 16.7. The van der Waals surface area contributed by atoms with Crippen molar-refractivity contribution in [3.05, 3.63) is 46.6 Å². The molecule has 0 saturated heterocycles. The number of aliphatic hydroxyl groups is 2. The third kappa shape index (κ3) is 6.08. The van der Waals surface area contributed by atoms with Gasteiger partial charge in [0.1, 0.15) is 6.61 Å². The van der Waals surface area contributed by atoms with Crippen LogP contribution in [0.3, 0.4) is 0 Å². The van der Waals surface area contributed by atoms with Crippen molar-refractivity contribution in [2.45, 2.75) is 83.3 Å². The van der Waals surface area contributed by atoms with Crippen LogP contribution in [0.4, 0.5) is 22.0 Å². The van der Waals surface area contributed by atoms with Gasteiger partial charge in [0.25, 0.3) is 0 Å². The molecule has 5 nitrogen and oxygen atoms in total. The number of hydrogen-bond acceptors (Lipinski definition) is 4. The molecule has 3 aliphatic rings. The maximum Gasteiger partial charge on any atom is 0.455 e. The number of rotatable bonds is 8. The Balaban J connectivity index is 1.60. The van der Waals surface area contributed by atoms with E-state index >= 15 is 0 Å². The highest BCUT2D eigenvalue weighted by Gasteiger charge is 2.57. The highest BCUT2D eigenvalue weighted by atomic mass is 19.4. The fraction of sp³-hybridized carbons (Fsp3) is 0.654. The number of ether oxygens (including phenoxy) is 1. The van der Waals surface area contributed by atoms with Crippen molar-refractivity contribution < 1.29 is 41.7 Å². The van der Waals surface area contributed by atoms with Crippen LogP contribution in [0.1, 0.15) is 52.9 Å². The maximum atomic E-state index is 13.0. The molecule has 5 atom stereocenters. The van der Waals surface area contributed by atoms with Crippen molar-refractivity contribution in [2.24, 2.45) is 11.3 Å². The Morgan fingerprint density at radius 2 is 1.94 bits per heavy atom. The molecule has 36 heavy (non-hydrogen) atoms. The van der Waals surface area contributed by atoms with E-state index in [-0.39, 0.29) is 11.3 Å². The average molecular weight is 520 g/mol. The van der Waals surface area contributed by atoms with E-state index in [0.717, 1.165) is 41.6 Å². The van der Waals surface area contributed by atoms with Gasteiger partial charge in [0.05, 0.1) is 24.9 Å². The molecule has 0 radical (unpaired) electrons. The molecule has 0 bridgehead atoms. The molecule has 1 amide bonds. The molecule has 0 saturated carbocycles. The predicted molar refractivity (Wildman–Crippen MR) is 124 cm³/mol. The maximum absolute atomic E-state index is 13.0. The Hall–Kier alpha value is -2.04. The number of carbonyl (C=O) groups is 1. The second-order valence-corrected chi connectivity index (χ2v) is 10.2. The first-order valence-electron chi connectivity index (χ1n) is 12.1. The van der Waals surface area contributed by atoms with Crippen LogP contribution in [0.25, 0.3) is 0 Å². The lowest BCUT2D eigenvalue weighted by molar-refractivity contribution is -0.278. The van der Waals surface area contributed by atoms with Gasteiger partial charge in [-0.05, 0) is 73.2 Å². The third-order valence-electron chi connectivity index (χ3n) is 7.71. The van der Waals surface area contributed by atoms with E-state index < -0.39 is 49.5 Å². The Bertz CT molecular complexity index is 968. The summed E-state index contributed by atoms with van der Waals surface area (Å²) in [6.07, 6.45) is 3.93. The second kappa shape index (κ2) is 10.8. The van der Waals surface area contributed by atoms with E-state index in [1.165, 1.54) is 0 Å². The van der Waals surface area contributed by atoms with E-state index in [9.17, 15) is 37.0 Å². The van der Waals surface area contributed by atoms with Gasteiger partial charge in [-0.3, -0.25) is 4.79 Å². The third-order valence-corrected chi connectivity index (χ3v) is 7.71. The number of fused-ring (bicyclic) bond motifs is 1. The molecule has 0 aromatic rings. The number of alkyl halides is 5. The monoisotopic (exact) mass is 519 g/mol. The van der Waals surface area contributed by atoms with Crippen LogP contribution in [-0.4, -0.2) is 59.7 Å². The van der Waals surface area contributed by atoms with E-state index in [2.05, 4.69) is 19.1 Å². The summed E-state index contributed by atoms with van der Waals surface area (Å²) >= 11 is 0. The summed E-state index contributed by atoms with van der Waals surface area (Å²) in [7, 11) is 0. The zero-order chi connectivity index (χ0) is 26.9. The standard InChI is InChI=1S/C26H34F5NO4/c1-15-18(11-19(33)12-22(15)34)7-6-17-5-4-10-24(3)20(8-9-21(17)24)16(2)36-13-23(35)32-14-25(27,28)26(29,30)31/h5-8,16,19,21-22,33-34H,4,9-14H2,1-3H3,(H,32,35)/b7-6-/t16-,19?,21?,22-,24?/m0/s1. The van der Waals surface area contributed by atoms with Gasteiger partial charge in [-0.15, -0.1) is 0 Å². The van der Waals surface area contributed by atoms with Gasteiger partial charge >= 0.3 is 12.1 Å². The van der Waals surface area contributed by atoms with Gasteiger partial charge in [0.2, 0.25) is 5.91 Å². The minimum atomic E-state index is -5.74. The number of halogens is 5. The average Bonchev–Trinajstić information content (AvgIpc) is 3.14. The molecule has 10 heteroatoms. The largest absolute Gasteiger partial charge is 0.455 e. The molecule has 0 aromatic heterocycles. The normalized spacial score (nSPS) is 30.2. The summed E-state index contributed by atoms with van der Waals surface area (Å²) in [6.45, 7) is 3.25. The highest BCUT2D eigenvalue weighted by Crippen LogP contribution is 2.54. The molecule has 3 N–H and O–H groups in total. The van der Waals surface area contributed by atoms with Crippen molar-refractivity contribution in [2.75, 3.05) is 13.2 Å². The van der Waals surface area contributed by atoms with Crippen molar-refractivity contribution in [1.82, 2.24) is 5.32 Å². The molecule has 0 aromatic carbocycles. The zero-order valence-electron chi connectivity index (χ0n) is 20.7. The van der Waals surface area contributed by atoms with Crippen LogP contribution >= 0.6 is 0 Å². The van der Waals surface area contributed by atoms with Crippen molar-refractivity contribution in [3.63, 3.8) is 0 Å². The zero-order valence-corrected chi connectivity index (χ0v) is 20.7. The van der Waals surface area contributed by atoms with Crippen LogP contribution in [-0.2, 0) is 9.53 Å². The molecule has 3 aliphatic carbocycles. The molecular weight excluding hydrogens is 485 g/mol. The molecule has 0 fully saturated rings. The fourth-order valence-electron chi connectivity index (χ4n) is 5.45. The minimum absolute atomic E-state index is 0.155. The molecule has 0 heterocycles. The molecule has 0 spiro atoms. The van der Waals surface area contributed by atoms with E-state index in [1.807, 2.05) is 19.1 Å². The smallest absolute Gasteiger partial charge is 0.393 e. The van der Waals surface area contributed by atoms with Crippen molar-refractivity contribution >= 4 is 5.91 Å². The molecule has 3 unspecified atom stereocenters. The molecule has 0 aliphatic heterocycles. The summed E-state index contributed by atoms with van der Waals surface area (Å²) in [5.74, 6) is -5.90. The molecule has 3 rings (SSSR count). The van der Waals surface area contributed by atoms with Gasteiger partial charge in [-0.1, -0.05) is 31.2 Å². The predicted octanol–water partition coefficient (Wildman–Crippen LogP) is 4.77. The number of nitrogens with one attached hydrogen (secondary N) is 1. The number of amides is 1.